The first-order valence-electron chi connectivity index (χ1n) is 5.73. The van der Waals surface area contributed by atoms with Gasteiger partial charge in [0.15, 0.2) is 6.10 Å². The molecule has 0 spiro atoms. The van der Waals surface area contributed by atoms with Crippen LogP contribution >= 0.6 is 11.6 Å². The number of ether oxygens (including phenoxy) is 2. The zero-order valence-electron chi connectivity index (χ0n) is 10.1. The molecule has 1 aromatic carbocycles. The zero-order chi connectivity index (χ0) is 12.7. The normalized spacial score (nSPS) is 11.9. The molecule has 0 aliphatic heterocycles. The Labute approximate surface area is 107 Å². The Morgan fingerprint density at radius 3 is 2.76 bits per heavy atom. The van der Waals surface area contributed by atoms with E-state index in [-0.39, 0.29) is 5.97 Å². The Morgan fingerprint density at radius 1 is 1.41 bits per heavy atom. The number of hydrogen-bond acceptors (Lipinski definition) is 3. The van der Waals surface area contributed by atoms with Crippen LogP contribution in [0, 0.1) is 0 Å². The Hall–Kier alpha value is -1.22. The number of halogens is 1. The van der Waals surface area contributed by atoms with Gasteiger partial charge in [0.2, 0.25) is 0 Å². The molecule has 94 valence electrons. The van der Waals surface area contributed by atoms with Gasteiger partial charge in [0.25, 0.3) is 0 Å². The van der Waals surface area contributed by atoms with E-state index >= 15 is 0 Å². The summed E-state index contributed by atoms with van der Waals surface area (Å²) in [6.07, 6.45) is 1.21. The second kappa shape index (κ2) is 7.17. The lowest BCUT2D eigenvalue weighted by atomic mass is 10.3. The summed E-state index contributed by atoms with van der Waals surface area (Å²) in [5, 5.41) is 0.487. The van der Waals surface area contributed by atoms with Crippen molar-refractivity contribution in [2.45, 2.75) is 32.8 Å². The maximum Gasteiger partial charge on any atom is 0.347 e. The van der Waals surface area contributed by atoms with Crippen LogP contribution in [-0.4, -0.2) is 18.7 Å². The van der Waals surface area contributed by atoms with Crippen LogP contribution in [0.2, 0.25) is 5.02 Å². The number of benzene rings is 1. The van der Waals surface area contributed by atoms with Gasteiger partial charge in [-0.2, -0.15) is 0 Å². The van der Waals surface area contributed by atoms with Crippen LogP contribution in [0.15, 0.2) is 24.3 Å². The van der Waals surface area contributed by atoms with Crippen molar-refractivity contribution in [1.29, 1.82) is 0 Å². The molecular weight excluding hydrogens is 240 g/mol. The molecule has 4 heteroatoms. The molecule has 0 amide bonds. The molecule has 0 aliphatic carbocycles. The predicted molar refractivity (Wildman–Crippen MR) is 67.4 cm³/mol. The van der Waals surface area contributed by atoms with E-state index in [0.717, 1.165) is 12.8 Å². The summed E-state index contributed by atoms with van der Waals surface area (Å²) >= 11 is 5.92. The smallest absolute Gasteiger partial charge is 0.347 e. The van der Waals surface area contributed by atoms with Crippen molar-refractivity contribution in [1.82, 2.24) is 0 Å². The van der Waals surface area contributed by atoms with E-state index in [2.05, 4.69) is 0 Å². The quantitative estimate of drug-likeness (QED) is 0.578. The van der Waals surface area contributed by atoms with E-state index in [0.29, 0.717) is 17.4 Å². The molecule has 1 aromatic rings. The monoisotopic (exact) mass is 256 g/mol. The van der Waals surface area contributed by atoms with Gasteiger partial charge in [-0.25, -0.2) is 4.79 Å². The van der Waals surface area contributed by atoms with Crippen LogP contribution in [0.5, 0.6) is 5.75 Å². The topological polar surface area (TPSA) is 35.5 Å². The molecule has 0 fully saturated rings. The zero-order valence-corrected chi connectivity index (χ0v) is 10.9. The van der Waals surface area contributed by atoms with Crippen LogP contribution in [0.3, 0.4) is 0 Å². The average molecular weight is 257 g/mol. The van der Waals surface area contributed by atoms with Crippen LogP contribution in [0.1, 0.15) is 26.7 Å². The van der Waals surface area contributed by atoms with Crippen molar-refractivity contribution < 1.29 is 14.3 Å². The van der Waals surface area contributed by atoms with Crippen LogP contribution in [0.25, 0.3) is 0 Å². The first-order chi connectivity index (χ1) is 8.15. The number of carbonyl (C=O) groups excluding carboxylic acids is 1. The molecule has 0 N–H and O–H groups in total. The molecule has 0 heterocycles. The maximum atomic E-state index is 11.5. The molecule has 1 atom stereocenters. The van der Waals surface area contributed by atoms with E-state index in [1.807, 2.05) is 6.92 Å². The van der Waals surface area contributed by atoms with Crippen molar-refractivity contribution >= 4 is 17.6 Å². The van der Waals surface area contributed by atoms with Gasteiger partial charge in [0, 0.05) is 0 Å². The van der Waals surface area contributed by atoms with E-state index in [1.54, 1.807) is 31.2 Å². The Morgan fingerprint density at radius 2 is 2.12 bits per heavy atom. The highest BCUT2D eigenvalue weighted by atomic mass is 35.5. The van der Waals surface area contributed by atoms with Crippen molar-refractivity contribution in [2.75, 3.05) is 6.61 Å². The highest BCUT2D eigenvalue weighted by Crippen LogP contribution is 2.24. The molecule has 0 saturated carbocycles. The SMILES string of the molecule is CCCCOC(=O)C(C)Oc1ccccc1Cl. The van der Waals surface area contributed by atoms with Gasteiger partial charge in [-0.15, -0.1) is 0 Å². The number of unbranched alkanes of at least 4 members (excludes halogenated alkanes) is 1. The van der Waals surface area contributed by atoms with E-state index < -0.39 is 6.10 Å². The second-order valence-corrected chi connectivity index (χ2v) is 4.12. The standard InChI is InChI=1S/C13H17ClO3/c1-3-4-9-16-13(15)10(2)17-12-8-6-5-7-11(12)14/h5-8,10H,3-4,9H2,1-2H3. The first kappa shape index (κ1) is 13.8. The fourth-order valence-electron chi connectivity index (χ4n) is 1.21. The van der Waals surface area contributed by atoms with Crippen molar-refractivity contribution in [3.8, 4) is 5.75 Å². The highest BCUT2D eigenvalue weighted by Gasteiger charge is 2.17. The lowest BCUT2D eigenvalue weighted by molar-refractivity contribution is -0.151. The summed E-state index contributed by atoms with van der Waals surface area (Å²) in [4.78, 5) is 11.5. The molecule has 1 unspecified atom stereocenters. The Bertz CT molecular complexity index is 365. The largest absolute Gasteiger partial charge is 0.477 e. The number of hydrogen-bond donors (Lipinski definition) is 0. The molecule has 3 nitrogen and oxygen atoms in total. The third kappa shape index (κ3) is 4.65. The van der Waals surface area contributed by atoms with Gasteiger partial charge in [-0.05, 0) is 25.5 Å². The van der Waals surface area contributed by atoms with Crippen molar-refractivity contribution in [3.05, 3.63) is 29.3 Å². The van der Waals surface area contributed by atoms with E-state index in [9.17, 15) is 4.79 Å². The Balaban J connectivity index is 2.46. The lowest BCUT2D eigenvalue weighted by Gasteiger charge is -2.14. The first-order valence-corrected chi connectivity index (χ1v) is 6.10. The number of rotatable bonds is 6. The minimum Gasteiger partial charge on any atom is -0.477 e. The fourth-order valence-corrected chi connectivity index (χ4v) is 1.39. The summed E-state index contributed by atoms with van der Waals surface area (Å²) in [6.45, 7) is 4.13. The summed E-state index contributed by atoms with van der Waals surface area (Å²) < 4.78 is 10.5. The number of esters is 1. The summed E-state index contributed by atoms with van der Waals surface area (Å²) in [5.41, 5.74) is 0. The summed E-state index contributed by atoms with van der Waals surface area (Å²) in [5.74, 6) is 0.132. The molecule has 0 aromatic heterocycles. The van der Waals surface area contributed by atoms with Crippen LogP contribution in [0.4, 0.5) is 0 Å². The molecule has 1 rings (SSSR count). The van der Waals surface area contributed by atoms with Gasteiger partial charge >= 0.3 is 5.97 Å². The highest BCUT2D eigenvalue weighted by molar-refractivity contribution is 6.32. The third-order valence-corrected chi connectivity index (χ3v) is 2.53. The van der Waals surface area contributed by atoms with Crippen molar-refractivity contribution in [2.24, 2.45) is 0 Å². The summed E-state index contributed by atoms with van der Waals surface area (Å²) in [7, 11) is 0. The number of carbonyl (C=O) groups is 1. The van der Waals surface area contributed by atoms with Crippen LogP contribution in [-0.2, 0) is 9.53 Å². The number of para-hydroxylation sites is 1. The minimum absolute atomic E-state index is 0.363. The van der Waals surface area contributed by atoms with E-state index in [4.69, 9.17) is 21.1 Å². The minimum atomic E-state index is -0.647. The molecule has 0 aliphatic rings. The lowest BCUT2D eigenvalue weighted by Crippen LogP contribution is -2.26. The fraction of sp³-hybridized carbons (Fsp3) is 0.462. The molecule has 0 saturated heterocycles. The molecule has 0 radical (unpaired) electrons. The van der Waals surface area contributed by atoms with E-state index in [1.165, 1.54) is 0 Å². The van der Waals surface area contributed by atoms with Gasteiger partial charge in [-0.3, -0.25) is 0 Å². The van der Waals surface area contributed by atoms with Gasteiger partial charge in [0.05, 0.1) is 11.6 Å². The van der Waals surface area contributed by atoms with Gasteiger partial charge in [-0.1, -0.05) is 37.1 Å². The van der Waals surface area contributed by atoms with Crippen molar-refractivity contribution in [3.63, 3.8) is 0 Å². The van der Waals surface area contributed by atoms with Gasteiger partial charge in [0.1, 0.15) is 5.75 Å². The van der Waals surface area contributed by atoms with Crippen LogP contribution < -0.4 is 4.74 Å². The Kier molecular flexibility index (Phi) is 5.84. The molecule has 0 bridgehead atoms. The second-order valence-electron chi connectivity index (χ2n) is 3.71. The molecular formula is C13H17ClO3. The summed E-state index contributed by atoms with van der Waals surface area (Å²) in [6, 6.07) is 7.04. The maximum absolute atomic E-state index is 11.5. The molecule has 17 heavy (non-hydrogen) atoms. The third-order valence-electron chi connectivity index (χ3n) is 2.21. The van der Waals surface area contributed by atoms with Gasteiger partial charge < -0.3 is 9.47 Å². The predicted octanol–water partition coefficient (Wildman–Crippen LogP) is 3.45. The average Bonchev–Trinajstić information content (AvgIpc) is 2.32.